The molecule has 0 atom stereocenters. The van der Waals surface area contributed by atoms with Crippen molar-refractivity contribution in [1.29, 1.82) is 0 Å². The summed E-state index contributed by atoms with van der Waals surface area (Å²) in [6.07, 6.45) is 0. The molecule has 2 aromatic rings. The van der Waals surface area contributed by atoms with E-state index in [1.165, 1.54) is 10.5 Å². The van der Waals surface area contributed by atoms with Crippen molar-refractivity contribution in [3.63, 3.8) is 0 Å². The quantitative estimate of drug-likeness (QED) is 0.900. The lowest BCUT2D eigenvalue weighted by atomic mass is 10.1. The van der Waals surface area contributed by atoms with Crippen LogP contribution in [0.4, 0.5) is 0 Å². The fraction of sp³-hybridized carbons (Fsp3) is 0.214. The number of nitrogens with two attached hydrogens (primary N) is 1. The van der Waals surface area contributed by atoms with E-state index in [4.69, 9.17) is 5.73 Å². The molecule has 2 rings (SSSR count). The molecule has 1 aromatic heterocycles. The van der Waals surface area contributed by atoms with Crippen LogP contribution in [0.2, 0.25) is 0 Å². The predicted molar refractivity (Wildman–Crippen MR) is 72.2 cm³/mol. The minimum atomic E-state index is 0.536. The van der Waals surface area contributed by atoms with E-state index in [2.05, 4.69) is 30.1 Å². The summed E-state index contributed by atoms with van der Waals surface area (Å²) in [6, 6.07) is 12.3. The molecule has 0 saturated heterocycles. The Labute approximate surface area is 106 Å². The Morgan fingerprint density at radius 1 is 1.18 bits per heavy atom. The summed E-state index contributed by atoms with van der Waals surface area (Å²) in [4.78, 5) is 5.78. The third kappa shape index (κ3) is 2.87. The van der Waals surface area contributed by atoms with Gasteiger partial charge in [0.2, 0.25) is 0 Å². The number of pyridine rings is 1. The van der Waals surface area contributed by atoms with Gasteiger partial charge >= 0.3 is 0 Å². The molecule has 0 amide bonds. The Balaban J connectivity index is 2.38. The molecule has 3 heteroatoms. The third-order valence-electron chi connectivity index (χ3n) is 2.60. The summed E-state index contributed by atoms with van der Waals surface area (Å²) in [5, 5.41) is 1.02. The van der Waals surface area contributed by atoms with E-state index in [1.807, 2.05) is 25.1 Å². The SMILES string of the molecule is Cc1cc(C)c(CN)c(Sc2ccccc2)n1. The van der Waals surface area contributed by atoms with E-state index in [0.717, 1.165) is 16.3 Å². The van der Waals surface area contributed by atoms with Gasteiger partial charge in [0.1, 0.15) is 5.03 Å². The number of rotatable bonds is 3. The van der Waals surface area contributed by atoms with Crippen LogP contribution >= 0.6 is 11.8 Å². The van der Waals surface area contributed by atoms with Crippen molar-refractivity contribution in [1.82, 2.24) is 4.98 Å². The first-order valence-corrected chi connectivity index (χ1v) is 6.42. The number of aryl methyl sites for hydroxylation is 2. The summed E-state index contributed by atoms with van der Waals surface area (Å²) in [7, 11) is 0. The smallest absolute Gasteiger partial charge is 0.106 e. The Morgan fingerprint density at radius 2 is 1.88 bits per heavy atom. The van der Waals surface area contributed by atoms with Gasteiger partial charge in [-0.15, -0.1) is 0 Å². The van der Waals surface area contributed by atoms with Crippen LogP contribution in [0.3, 0.4) is 0 Å². The van der Waals surface area contributed by atoms with Crippen molar-refractivity contribution in [2.24, 2.45) is 5.73 Å². The van der Waals surface area contributed by atoms with Crippen molar-refractivity contribution in [2.45, 2.75) is 30.3 Å². The van der Waals surface area contributed by atoms with Crippen molar-refractivity contribution < 1.29 is 0 Å². The van der Waals surface area contributed by atoms with E-state index < -0.39 is 0 Å². The molecular formula is C14H16N2S. The van der Waals surface area contributed by atoms with Crippen molar-refractivity contribution in [3.8, 4) is 0 Å². The summed E-state index contributed by atoms with van der Waals surface area (Å²) >= 11 is 1.68. The molecule has 17 heavy (non-hydrogen) atoms. The summed E-state index contributed by atoms with van der Waals surface area (Å²) in [5.41, 5.74) is 9.21. The highest BCUT2D eigenvalue weighted by Gasteiger charge is 2.08. The van der Waals surface area contributed by atoms with Gasteiger partial charge in [0.05, 0.1) is 0 Å². The van der Waals surface area contributed by atoms with Gasteiger partial charge < -0.3 is 5.73 Å². The van der Waals surface area contributed by atoms with Gasteiger partial charge in [0.25, 0.3) is 0 Å². The molecule has 0 spiro atoms. The lowest BCUT2D eigenvalue weighted by Crippen LogP contribution is -2.04. The molecule has 0 aliphatic heterocycles. The van der Waals surface area contributed by atoms with Crippen LogP contribution in [0.5, 0.6) is 0 Å². The van der Waals surface area contributed by atoms with E-state index in [9.17, 15) is 0 Å². The van der Waals surface area contributed by atoms with E-state index >= 15 is 0 Å². The van der Waals surface area contributed by atoms with Crippen LogP contribution < -0.4 is 5.73 Å². The van der Waals surface area contributed by atoms with Gasteiger partial charge in [0.15, 0.2) is 0 Å². The molecule has 2 N–H and O–H groups in total. The topological polar surface area (TPSA) is 38.9 Å². The fourth-order valence-electron chi connectivity index (χ4n) is 1.76. The zero-order valence-electron chi connectivity index (χ0n) is 10.1. The minimum Gasteiger partial charge on any atom is -0.326 e. The number of benzene rings is 1. The number of hydrogen-bond acceptors (Lipinski definition) is 3. The number of hydrogen-bond donors (Lipinski definition) is 1. The van der Waals surface area contributed by atoms with E-state index in [0.29, 0.717) is 6.54 Å². The summed E-state index contributed by atoms with van der Waals surface area (Å²) in [5.74, 6) is 0. The predicted octanol–water partition coefficient (Wildman–Crippen LogP) is 3.31. The van der Waals surface area contributed by atoms with Gasteiger partial charge in [-0.1, -0.05) is 30.0 Å². The summed E-state index contributed by atoms with van der Waals surface area (Å²) in [6.45, 7) is 4.64. The average molecular weight is 244 g/mol. The monoisotopic (exact) mass is 244 g/mol. The molecule has 1 heterocycles. The first kappa shape index (κ1) is 12.1. The lowest BCUT2D eigenvalue weighted by molar-refractivity contribution is 0.922. The van der Waals surface area contributed by atoms with Crippen LogP contribution in [0.25, 0.3) is 0 Å². The Hall–Kier alpha value is -1.32. The van der Waals surface area contributed by atoms with Crippen molar-refractivity contribution >= 4 is 11.8 Å². The second-order valence-electron chi connectivity index (χ2n) is 3.98. The van der Waals surface area contributed by atoms with E-state index in [1.54, 1.807) is 11.8 Å². The largest absolute Gasteiger partial charge is 0.326 e. The van der Waals surface area contributed by atoms with Crippen LogP contribution in [-0.4, -0.2) is 4.98 Å². The molecule has 0 aliphatic carbocycles. The summed E-state index contributed by atoms with van der Waals surface area (Å²) < 4.78 is 0. The van der Waals surface area contributed by atoms with E-state index in [-0.39, 0.29) is 0 Å². The second kappa shape index (κ2) is 5.34. The Kier molecular flexibility index (Phi) is 3.82. The van der Waals surface area contributed by atoms with Crippen molar-refractivity contribution in [3.05, 3.63) is 53.2 Å². The fourth-order valence-corrected chi connectivity index (χ4v) is 2.84. The third-order valence-corrected chi connectivity index (χ3v) is 3.64. The Morgan fingerprint density at radius 3 is 2.53 bits per heavy atom. The first-order chi connectivity index (χ1) is 8.20. The highest BCUT2D eigenvalue weighted by atomic mass is 32.2. The second-order valence-corrected chi connectivity index (χ2v) is 5.05. The lowest BCUT2D eigenvalue weighted by Gasteiger charge is -2.10. The maximum atomic E-state index is 5.80. The molecule has 0 radical (unpaired) electrons. The van der Waals surface area contributed by atoms with Gasteiger partial charge in [-0.3, -0.25) is 0 Å². The molecular weight excluding hydrogens is 228 g/mol. The molecule has 88 valence electrons. The molecule has 0 bridgehead atoms. The minimum absolute atomic E-state index is 0.536. The highest BCUT2D eigenvalue weighted by molar-refractivity contribution is 7.99. The number of aromatic nitrogens is 1. The normalized spacial score (nSPS) is 10.5. The van der Waals surface area contributed by atoms with Gasteiger partial charge in [-0.25, -0.2) is 4.98 Å². The van der Waals surface area contributed by atoms with Gasteiger partial charge in [-0.2, -0.15) is 0 Å². The van der Waals surface area contributed by atoms with Gasteiger partial charge in [-0.05, 0) is 37.6 Å². The maximum absolute atomic E-state index is 5.80. The average Bonchev–Trinajstić information content (AvgIpc) is 2.30. The maximum Gasteiger partial charge on any atom is 0.106 e. The molecule has 0 saturated carbocycles. The highest BCUT2D eigenvalue weighted by Crippen LogP contribution is 2.30. The molecule has 0 fully saturated rings. The first-order valence-electron chi connectivity index (χ1n) is 5.61. The molecule has 0 unspecified atom stereocenters. The number of nitrogens with zero attached hydrogens (tertiary/aromatic N) is 1. The van der Waals surface area contributed by atoms with Crippen molar-refractivity contribution in [2.75, 3.05) is 0 Å². The van der Waals surface area contributed by atoms with Gasteiger partial charge in [0, 0.05) is 22.7 Å². The molecule has 1 aromatic carbocycles. The van der Waals surface area contributed by atoms with Crippen LogP contribution in [0, 0.1) is 13.8 Å². The zero-order chi connectivity index (χ0) is 12.3. The van der Waals surface area contributed by atoms with Crippen LogP contribution in [-0.2, 0) is 6.54 Å². The zero-order valence-corrected chi connectivity index (χ0v) is 10.9. The van der Waals surface area contributed by atoms with Crippen LogP contribution in [0.15, 0.2) is 46.3 Å². The molecule has 0 aliphatic rings. The van der Waals surface area contributed by atoms with Crippen LogP contribution in [0.1, 0.15) is 16.8 Å². The standard InChI is InChI=1S/C14H16N2S/c1-10-8-11(2)16-14(13(10)9-15)17-12-6-4-3-5-7-12/h3-8H,9,15H2,1-2H3. The Bertz CT molecular complexity index is 509. The molecule has 2 nitrogen and oxygen atoms in total.